The zero-order chi connectivity index (χ0) is 19.6. The number of thiocarbonyl (C=S) groups is 1. The number of benzene rings is 2. The van der Waals surface area contributed by atoms with Gasteiger partial charge in [0.2, 0.25) is 0 Å². The number of anilines is 1. The number of rotatable bonds is 5. The standard InChI is InChI=1S/C19H15BrClNO3S2/c1-3-25-15-8-11(7-14(20)17(15)24-2)9-16-18(23)22(19(26)27-16)13-6-4-5-12(21)10-13/h4-10H,3H2,1-2H3/b16-9-. The summed E-state index contributed by atoms with van der Waals surface area (Å²) in [5.74, 6) is 1.03. The van der Waals surface area contributed by atoms with Gasteiger partial charge in [-0.1, -0.05) is 41.6 Å². The van der Waals surface area contributed by atoms with Gasteiger partial charge in [-0.05, 0) is 64.8 Å². The first-order valence-electron chi connectivity index (χ1n) is 7.98. The van der Waals surface area contributed by atoms with Crippen molar-refractivity contribution in [3.05, 3.63) is 56.4 Å². The minimum Gasteiger partial charge on any atom is -0.492 e. The summed E-state index contributed by atoms with van der Waals surface area (Å²) in [5, 5.41) is 0.547. The van der Waals surface area contributed by atoms with Crippen molar-refractivity contribution in [2.24, 2.45) is 0 Å². The number of halogens is 2. The molecule has 3 rings (SSSR count). The van der Waals surface area contributed by atoms with Crippen molar-refractivity contribution in [3.8, 4) is 11.5 Å². The predicted molar refractivity (Wildman–Crippen MR) is 119 cm³/mol. The number of carbonyl (C=O) groups is 1. The molecule has 1 amide bonds. The van der Waals surface area contributed by atoms with Crippen LogP contribution in [-0.4, -0.2) is 23.9 Å². The van der Waals surface area contributed by atoms with Gasteiger partial charge in [-0.3, -0.25) is 9.69 Å². The number of hydrogen-bond acceptors (Lipinski definition) is 5. The number of methoxy groups -OCH3 is 1. The Morgan fingerprint density at radius 1 is 1.33 bits per heavy atom. The fourth-order valence-corrected chi connectivity index (χ4v) is 4.69. The average Bonchev–Trinajstić information content (AvgIpc) is 2.88. The lowest BCUT2D eigenvalue weighted by molar-refractivity contribution is -0.113. The third kappa shape index (κ3) is 4.32. The van der Waals surface area contributed by atoms with E-state index >= 15 is 0 Å². The molecule has 0 radical (unpaired) electrons. The predicted octanol–water partition coefficient (Wildman–Crippen LogP) is 5.92. The Labute approximate surface area is 180 Å². The Morgan fingerprint density at radius 3 is 2.78 bits per heavy atom. The van der Waals surface area contributed by atoms with Crippen LogP contribution in [-0.2, 0) is 4.79 Å². The molecule has 0 saturated carbocycles. The molecule has 1 aliphatic heterocycles. The number of nitrogens with zero attached hydrogens (tertiary/aromatic N) is 1. The third-order valence-electron chi connectivity index (χ3n) is 3.69. The first-order chi connectivity index (χ1) is 12.9. The van der Waals surface area contributed by atoms with Crippen LogP contribution in [0.2, 0.25) is 5.02 Å². The summed E-state index contributed by atoms with van der Waals surface area (Å²) in [5.41, 5.74) is 1.46. The fraction of sp³-hybridized carbons (Fsp3) is 0.158. The Bertz CT molecular complexity index is 949. The summed E-state index contributed by atoms with van der Waals surface area (Å²) in [7, 11) is 1.58. The van der Waals surface area contributed by atoms with E-state index in [0.717, 1.165) is 10.0 Å². The molecule has 2 aromatic carbocycles. The average molecular weight is 485 g/mol. The van der Waals surface area contributed by atoms with E-state index in [0.29, 0.717) is 38.0 Å². The van der Waals surface area contributed by atoms with E-state index in [9.17, 15) is 4.79 Å². The van der Waals surface area contributed by atoms with Gasteiger partial charge in [-0.15, -0.1) is 0 Å². The summed E-state index contributed by atoms with van der Waals surface area (Å²) >= 11 is 16.2. The highest BCUT2D eigenvalue weighted by Crippen LogP contribution is 2.40. The Morgan fingerprint density at radius 2 is 2.11 bits per heavy atom. The molecule has 27 heavy (non-hydrogen) atoms. The summed E-state index contributed by atoms with van der Waals surface area (Å²) < 4.78 is 12.2. The Balaban J connectivity index is 1.96. The molecule has 0 atom stereocenters. The van der Waals surface area contributed by atoms with Gasteiger partial charge in [0.15, 0.2) is 15.8 Å². The smallest absolute Gasteiger partial charge is 0.270 e. The van der Waals surface area contributed by atoms with E-state index in [1.165, 1.54) is 16.7 Å². The lowest BCUT2D eigenvalue weighted by Crippen LogP contribution is -2.27. The minimum atomic E-state index is -0.183. The molecule has 1 saturated heterocycles. The topological polar surface area (TPSA) is 38.8 Å². The Kier molecular flexibility index (Phi) is 6.47. The molecule has 4 nitrogen and oxygen atoms in total. The SMILES string of the molecule is CCOc1cc(/C=C2\SC(=S)N(c3cccc(Cl)c3)C2=O)cc(Br)c1OC. The van der Waals surface area contributed by atoms with Crippen molar-refractivity contribution in [3.63, 3.8) is 0 Å². The second-order valence-corrected chi connectivity index (χ2v) is 8.43. The first-order valence-corrected chi connectivity index (χ1v) is 10.4. The van der Waals surface area contributed by atoms with Gasteiger partial charge in [-0.25, -0.2) is 0 Å². The van der Waals surface area contributed by atoms with Gasteiger partial charge in [0.05, 0.1) is 28.8 Å². The maximum Gasteiger partial charge on any atom is 0.270 e. The monoisotopic (exact) mass is 483 g/mol. The first kappa shape index (κ1) is 20.2. The second kappa shape index (κ2) is 8.65. The molecule has 2 aromatic rings. The molecule has 1 aliphatic rings. The van der Waals surface area contributed by atoms with Gasteiger partial charge >= 0.3 is 0 Å². The van der Waals surface area contributed by atoms with Crippen LogP contribution < -0.4 is 14.4 Å². The van der Waals surface area contributed by atoms with Crippen LogP contribution in [0, 0.1) is 0 Å². The lowest BCUT2D eigenvalue weighted by atomic mass is 10.1. The number of ether oxygens (including phenoxy) is 2. The molecule has 140 valence electrons. The zero-order valence-corrected chi connectivity index (χ0v) is 18.5. The molecule has 0 spiro atoms. The zero-order valence-electron chi connectivity index (χ0n) is 14.5. The van der Waals surface area contributed by atoms with E-state index in [2.05, 4.69) is 15.9 Å². The summed E-state index contributed by atoms with van der Waals surface area (Å²) in [6, 6.07) is 10.8. The van der Waals surface area contributed by atoms with Crippen molar-refractivity contribution in [2.75, 3.05) is 18.6 Å². The minimum absolute atomic E-state index is 0.183. The molecule has 0 bridgehead atoms. The maximum absolute atomic E-state index is 12.9. The van der Waals surface area contributed by atoms with E-state index in [1.807, 2.05) is 19.1 Å². The molecular formula is C19H15BrClNO3S2. The van der Waals surface area contributed by atoms with Crippen LogP contribution in [0.15, 0.2) is 45.8 Å². The highest BCUT2D eigenvalue weighted by atomic mass is 79.9. The molecule has 0 aromatic heterocycles. The van der Waals surface area contributed by atoms with Gasteiger partial charge in [0.1, 0.15) is 0 Å². The quantitative estimate of drug-likeness (QED) is 0.389. The number of hydrogen-bond donors (Lipinski definition) is 0. The molecule has 0 unspecified atom stereocenters. The Hall–Kier alpha value is -1.54. The molecule has 0 aliphatic carbocycles. The van der Waals surface area contributed by atoms with Crippen molar-refractivity contribution in [2.45, 2.75) is 6.92 Å². The van der Waals surface area contributed by atoms with Gasteiger partial charge < -0.3 is 9.47 Å². The van der Waals surface area contributed by atoms with Crippen LogP contribution in [0.4, 0.5) is 5.69 Å². The second-order valence-electron chi connectivity index (χ2n) is 5.46. The number of amides is 1. The van der Waals surface area contributed by atoms with E-state index < -0.39 is 0 Å². The van der Waals surface area contributed by atoms with Crippen LogP contribution in [0.3, 0.4) is 0 Å². The van der Waals surface area contributed by atoms with Crippen molar-refractivity contribution in [1.82, 2.24) is 0 Å². The van der Waals surface area contributed by atoms with Crippen molar-refractivity contribution < 1.29 is 14.3 Å². The molecule has 0 N–H and O–H groups in total. The fourth-order valence-electron chi connectivity index (χ4n) is 2.59. The highest BCUT2D eigenvalue weighted by molar-refractivity contribution is 9.10. The molecule has 8 heteroatoms. The summed E-state index contributed by atoms with van der Waals surface area (Å²) in [6.45, 7) is 2.40. The largest absolute Gasteiger partial charge is 0.492 e. The third-order valence-corrected chi connectivity index (χ3v) is 5.82. The van der Waals surface area contributed by atoms with Crippen LogP contribution in [0.5, 0.6) is 11.5 Å². The number of carbonyl (C=O) groups excluding carboxylic acids is 1. The summed E-state index contributed by atoms with van der Waals surface area (Å²) in [4.78, 5) is 14.9. The van der Waals surface area contributed by atoms with E-state index in [4.69, 9.17) is 33.3 Å². The van der Waals surface area contributed by atoms with Gasteiger partial charge in [0, 0.05) is 5.02 Å². The number of thioether (sulfide) groups is 1. The van der Waals surface area contributed by atoms with Crippen LogP contribution in [0.1, 0.15) is 12.5 Å². The lowest BCUT2D eigenvalue weighted by Gasteiger charge is -2.14. The maximum atomic E-state index is 12.9. The van der Waals surface area contributed by atoms with Crippen LogP contribution >= 0.6 is 51.5 Å². The van der Waals surface area contributed by atoms with Crippen molar-refractivity contribution in [1.29, 1.82) is 0 Å². The normalized spacial score (nSPS) is 15.6. The molecule has 1 heterocycles. The van der Waals surface area contributed by atoms with E-state index in [1.54, 1.807) is 37.5 Å². The van der Waals surface area contributed by atoms with Gasteiger partial charge in [0.25, 0.3) is 5.91 Å². The van der Waals surface area contributed by atoms with Crippen LogP contribution in [0.25, 0.3) is 6.08 Å². The molecular weight excluding hydrogens is 470 g/mol. The van der Waals surface area contributed by atoms with E-state index in [-0.39, 0.29) is 5.91 Å². The molecule has 1 fully saturated rings. The summed E-state index contributed by atoms with van der Waals surface area (Å²) in [6.07, 6.45) is 1.79. The van der Waals surface area contributed by atoms with Gasteiger partial charge in [-0.2, -0.15) is 0 Å². The highest BCUT2D eigenvalue weighted by Gasteiger charge is 2.33. The van der Waals surface area contributed by atoms with Crippen molar-refractivity contribution >= 4 is 73.5 Å².